The van der Waals surface area contributed by atoms with Crippen molar-refractivity contribution in [2.75, 3.05) is 7.11 Å². The number of fused-ring (bicyclic) bond motifs is 1. The van der Waals surface area contributed by atoms with Crippen LogP contribution in [0.3, 0.4) is 0 Å². The van der Waals surface area contributed by atoms with Crippen LogP contribution < -0.4 is 15.2 Å². The number of hydrogen-bond acceptors (Lipinski definition) is 4. The standard InChI is InChI=1S/C14H19N3O2.ClH/c1-18-14-11-8-16-17-12(11)6-7-13(14)19-10-4-2-9(15)3-5-10;/h6-10H,2-5,15H2,1H3,(H,16,17);1H/t9-,10-;. The van der Waals surface area contributed by atoms with Gasteiger partial charge in [0, 0.05) is 6.04 Å². The molecule has 1 aliphatic rings. The lowest BCUT2D eigenvalue weighted by Crippen LogP contribution is -2.31. The molecule has 3 N–H and O–H groups in total. The molecule has 1 saturated carbocycles. The number of H-pyrrole nitrogens is 1. The number of methoxy groups -OCH3 is 1. The van der Waals surface area contributed by atoms with E-state index in [1.54, 1.807) is 13.3 Å². The minimum atomic E-state index is 0. The molecule has 0 aliphatic heterocycles. The monoisotopic (exact) mass is 297 g/mol. The highest BCUT2D eigenvalue weighted by molar-refractivity contribution is 5.87. The van der Waals surface area contributed by atoms with Crippen LogP contribution in [0.1, 0.15) is 25.7 Å². The van der Waals surface area contributed by atoms with Gasteiger partial charge in [0.1, 0.15) is 0 Å². The third-order valence-corrected chi connectivity index (χ3v) is 3.76. The molecular weight excluding hydrogens is 278 g/mol. The van der Waals surface area contributed by atoms with Crippen LogP contribution in [0, 0.1) is 0 Å². The molecule has 3 rings (SSSR count). The zero-order valence-corrected chi connectivity index (χ0v) is 12.3. The molecule has 6 heteroatoms. The van der Waals surface area contributed by atoms with Crippen molar-refractivity contribution < 1.29 is 9.47 Å². The summed E-state index contributed by atoms with van der Waals surface area (Å²) < 4.78 is 11.6. The van der Waals surface area contributed by atoms with Gasteiger partial charge in [0.25, 0.3) is 0 Å². The summed E-state index contributed by atoms with van der Waals surface area (Å²) in [6, 6.07) is 4.24. The number of nitrogens with two attached hydrogens (primary N) is 1. The summed E-state index contributed by atoms with van der Waals surface area (Å²) >= 11 is 0. The number of nitrogens with zero attached hydrogens (tertiary/aromatic N) is 1. The van der Waals surface area contributed by atoms with E-state index in [9.17, 15) is 0 Å². The van der Waals surface area contributed by atoms with Gasteiger partial charge < -0.3 is 15.2 Å². The molecule has 0 radical (unpaired) electrons. The van der Waals surface area contributed by atoms with E-state index >= 15 is 0 Å². The van der Waals surface area contributed by atoms with Crippen LogP contribution in [0.25, 0.3) is 10.9 Å². The zero-order chi connectivity index (χ0) is 13.2. The normalized spacial score (nSPS) is 22.3. The van der Waals surface area contributed by atoms with Gasteiger partial charge in [0.05, 0.1) is 30.3 Å². The first-order valence-corrected chi connectivity index (χ1v) is 6.70. The number of benzene rings is 1. The van der Waals surface area contributed by atoms with Crippen LogP contribution in [0.5, 0.6) is 11.5 Å². The summed E-state index contributed by atoms with van der Waals surface area (Å²) in [5, 5.41) is 7.91. The predicted molar refractivity (Wildman–Crippen MR) is 80.8 cm³/mol. The Morgan fingerprint density at radius 1 is 1.25 bits per heavy atom. The van der Waals surface area contributed by atoms with Crippen molar-refractivity contribution >= 4 is 23.3 Å². The first kappa shape index (κ1) is 14.9. The first-order chi connectivity index (χ1) is 9.28. The molecule has 0 atom stereocenters. The molecule has 1 fully saturated rings. The lowest BCUT2D eigenvalue weighted by molar-refractivity contribution is 0.142. The Labute approximate surface area is 124 Å². The average Bonchev–Trinajstić information content (AvgIpc) is 2.89. The van der Waals surface area contributed by atoms with Crippen LogP contribution in [-0.2, 0) is 0 Å². The Morgan fingerprint density at radius 2 is 2.00 bits per heavy atom. The van der Waals surface area contributed by atoms with Crippen molar-refractivity contribution in [2.45, 2.75) is 37.8 Å². The Kier molecular flexibility index (Phi) is 4.73. The highest BCUT2D eigenvalue weighted by Crippen LogP contribution is 2.36. The maximum Gasteiger partial charge on any atom is 0.171 e. The maximum absolute atomic E-state index is 6.08. The molecule has 1 aliphatic carbocycles. The quantitative estimate of drug-likeness (QED) is 0.913. The lowest BCUT2D eigenvalue weighted by atomic mass is 9.94. The van der Waals surface area contributed by atoms with E-state index in [0.717, 1.165) is 48.1 Å². The predicted octanol–water partition coefficient (Wildman–Crippen LogP) is 2.64. The van der Waals surface area contributed by atoms with Gasteiger partial charge in [-0.25, -0.2) is 0 Å². The van der Waals surface area contributed by atoms with Gasteiger partial charge in [0.2, 0.25) is 0 Å². The summed E-state index contributed by atoms with van der Waals surface area (Å²) in [5.41, 5.74) is 6.87. The molecule has 0 amide bonds. The van der Waals surface area contributed by atoms with Crippen molar-refractivity contribution in [1.82, 2.24) is 10.2 Å². The maximum atomic E-state index is 6.08. The number of nitrogens with one attached hydrogen (secondary N) is 1. The average molecular weight is 298 g/mol. The van der Waals surface area contributed by atoms with Crippen LogP contribution in [0.4, 0.5) is 0 Å². The van der Waals surface area contributed by atoms with Crippen molar-refractivity contribution in [3.63, 3.8) is 0 Å². The van der Waals surface area contributed by atoms with Crippen LogP contribution in [0.2, 0.25) is 0 Å². The highest BCUT2D eigenvalue weighted by atomic mass is 35.5. The van der Waals surface area contributed by atoms with Gasteiger partial charge in [-0.1, -0.05) is 0 Å². The van der Waals surface area contributed by atoms with E-state index in [0.29, 0.717) is 6.04 Å². The number of halogens is 1. The van der Waals surface area contributed by atoms with Crippen LogP contribution >= 0.6 is 12.4 Å². The fraction of sp³-hybridized carbons (Fsp3) is 0.500. The number of rotatable bonds is 3. The van der Waals surface area contributed by atoms with E-state index < -0.39 is 0 Å². The number of ether oxygens (including phenoxy) is 2. The summed E-state index contributed by atoms with van der Waals surface area (Å²) in [7, 11) is 1.66. The minimum Gasteiger partial charge on any atom is -0.492 e. The van der Waals surface area contributed by atoms with E-state index in [1.165, 1.54) is 0 Å². The van der Waals surface area contributed by atoms with Gasteiger partial charge in [-0.05, 0) is 37.8 Å². The Hall–Kier alpha value is -1.46. The Balaban J connectivity index is 0.00000147. The third-order valence-electron chi connectivity index (χ3n) is 3.76. The van der Waals surface area contributed by atoms with Gasteiger partial charge >= 0.3 is 0 Å². The molecule has 1 heterocycles. The highest BCUT2D eigenvalue weighted by Gasteiger charge is 2.21. The summed E-state index contributed by atoms with van der Waals surface area (Å²) in [4.78, 5) is 0. The SMILES string of the molecule is COc1c(O[C@H]2CC[C@H](N)CC2)ccc2[nH]ncc12.Cl. The Morgan fingerprint density at radius 3 is 2.70 bits per heavy atom. The molecule has 1 aromatic carbocycles. The van der Waals surface area contributed by atoms with E-state index in [-0.39, 0.29) is 18.5 Å². The molecule has 0 unspecified atom stereocenters. The second kappa shape index (κ2) is 6.33. The van der Waals surface area contributed by atoms with Gasteiger partial charge in [-0.15, -0.1) is 12.4 Å². The fourth-order valence-electron chi connectivity index (χ4n) is 2.66. The molecule has 2 aromatic rings. The van der Waals surface area contributed by atoms with Crippen molar-refractivity contribution in [1.29, 1.82) is 0 Å². The largest absolute Gasteiger partial charge is 0.492 e. The van der Waals surface area contributed by atoms with E-state index in [1.807, 2.05) is 12.1 Å². The number of aromatic nitrogens is 2. The Bertz CT molecular complexity index is 565. The fourth-order valence-corrected chi connectivity index (χ4v) is 2.66. The van der Waals surface area contributed by atoms with Gasteiger partial charge in [0.15, 0.2) is 11.5 Å². The molecule has 0 saturated heterocycles. The van der Waals surface area contributed by atoms with Gasteiger partial charge in [-0.3, -0.25) is 5.10 Å². The van der Waals surface area contributed by atoms with E-state index in [4.69, 9.17) is 15.2 Å². The zero-order valence-electron chi connectivity index (χ0n) is 11.5. The molecule has 1 aromatic heterocycles. The second-order valence-electron chi connectivity index (χ2n) is 5.08. The molecular formula is C14H20ClN3O2. The molecule has 20 heavy (non-hydrogen) atoms. The van der Waals surface area contributed by atoms with Crippen molar-refractivity contribution in [3.8, 4) is 11.5 Å². The van der Waals surface area contributed by atoms with Crippen molar-refractivity contribution in [3.05, 3.63) is 18.3 Å². The van der Waals surface area contributed by atoms with Crippen LogP contribution in [0.15, 0.2) is 18.3 Å². The number of aromatic amines is 1. The molecule has 5 nitrogen and oxygen atoms in total. The summed E-state index contributed by atoms with van der Waals surface area (Å²) in [6.07, 6.45) is 6.07. The molecule has 0 spiro atoms. The topological polar surface area (TPSA) is 73.2 Å². The second-order valence-corrected chi connectivity index (χ2v) is 5.08. The first-order valence-electron chi connectivity index (χ1n) is 6.70. The summed E-state index contributed by atoms with van der Waals surface area (Å²) in [6.45, 7) is 0. The molecule has 0 bridgehead atoms. The van der Waals surface area contributed by atoms with Crippen LogP contribution in [-0.4, -0.2) is 29.5 Å². The lowest BCUT2D eigenvalue weighted by Gasteiger charge is -2.27. The smallest absolute Gasteiger partial charge is 0.171 e. The number of hydrogen-bond donors (Lipinski definition) is 2. The summed E-state index contributed by atoms with van der Waals surface area (Å²) in [5.74, 6) is 1.54. The van der Waals surface area contributed by atoms with Crippen molar-refractivity contribution in [2.24, 2.45) is 5.73 Å². The van der Waals surface area contributed by atoms with E-state index in [2.05, 4.69) is 10.2 Å². The molecule has 110 valence electrons. The minimum absolute atomic E-state index is 0. The third kappa shape index (κ3) is 2.83. The van der Waals surface area contributed by atoms with Gasteiger partial charge in [-0.2, -0.15) is 5.10 Å².